The maximum absolute atomic E-state index is 13.0. The van der Waals surface area contributed by atoms with Gasteiger partial charge in [0.25, 0.3) is 0 Å². The minimum atomic E-state index is -0.591. The van der Waals surface area contributed by atoms with Crippen LogP contribution >= 0.6 is 0 Å². The molecule has 0 aliphatic carbocycles. The van der Waals surface area contributed by atoms with Crippen LogP contribution in [0, 0.1) is 5.92 Å². The smallest absolute Gasteiger partial charge is 0.416 e. The van der Waals surface area contributed by atoms with E-state index in [0.717, 1.165) is 17.0 Å². The lowest BCUT2D eigenvalue weighted by Crippen LogP contribution is -2.40. The van der Waals surface area contributed by atoms with E-state index in [1.807, 2.05) is 54.6 Å². The molecule has 0 bridgehead atoms. The molecule has 2 aromatic rings. The van der Waals surface area contributed by atoms with Gasteiger partial charge in [0.15, 0.2) is 0 Å². The van der Waals surface area contributed by atoms with Crippen LogP contribution in [0.15, 0.2) is 54.6 Å². The van der Waals surface area contributed by atoms with E-state index >= 15 is 0 Å². The molecule has 2 amide bonds. The molecule has 0 spiro atoms. The summed E-state index contributed by atoms with van der Waals surface area (Å²) in [5.41, 5.74) is 1.75. The molecule has 7 heteroatoms. The first-order valence-electron chi connectivity index (χ1n) is 8.78. The molecule has 2 saturated heterocycles. The second-order valence-corrected chi connectivity index (χ2v) is 6.39. The number of hydroxylamine groups is 1. The normalized spacial score (nSPS) is 22.0. The standard InChI is InChI=1S/C20H20N2O5/c1-25-16-9-7-14(8-10-16)18-17(19(23)21-11-12-26-20(21)24)13-27-22(18)15-5-3-2-4-6-15/h2-10,17-18H,11-13H2,1H3/t17-,18+/m0/s1. The van der Waals surface area contributed by atoms with Crippen molar-refractivity contribution in [2.24, 2.45) is 5.92 Å². The number of para-hydroxylation sites is 1. The Labute approximate surface area is 157 Å². The van der Waals surface area contributed by atoms with E-state index < -0.39 is 12.0 Å². The molecule has 2 aliphatic rings. The summed E-state index contributed by atoms with van der Waals surface area (Å²) in [6.45, 7) is 0.691. The van der Waals surface area contributed by atoms with E-state index in [0.29, 0.717) is 0 Å². The van der Waals surface area contributed by atoms with Crippen LogP contribution < -0.4 is 9.80 Å². The number of cyclic esters (lactones) is 1. The summed E-state index contributed by atoms with van der Waals surface area (Å²) in [6, 6.07) is 16.8. The summed E-state index contributed by atoms with van der Waals surface area (Å²) in [5, 5.41) is 1.74. The second-order valence-electron chi connectivity index (χ2n) is 6.39. The van der Waals surface area contributed by atoms with Gasteiger partial charge in [-0.25, -0.2) is 14.8 Å². The van der Waals surface area contributed by atoms with Gasteiger partial charge in [0.2, 0.25) is 5.91 Å². The zero-order valence-electron chi connectivity index (χ0n) is 14.9. The van der Waals surface area contributed by atoms with Crippen LogP contribution in [0.4, 0.5) is 10.5 Å². The number of ether oxygens (including phenoxy) is 2. The molecular formula is C20H20N2O5. The van der Waals surface area contributed by atoms with Gasteiger partial charge < -0.3 is 9.47 Å². The van der Waals surface area contributed by atoms with Crippen molar-refractivity contribution in [1.82, 2.24) is 4.90 Å². The third-order valence-corrected chi connectivity index (χ3v) is 4.84. The quantitative estimate of drug-likeness (QED) is 0.827. The molecule has 0 saturated carbocycles. The first kappa shape index (κ1) is 17.4. The fourth-order valence-corrected chi connectivity index (χ4v) is 3.47. The third kappa shape index (κ3) is 3.21. The van der Waals surface area contributed by atoms with Gasteiger partial charge in [0.1, 0.15) is 12.4 Å². The molecule has 140 valence electrons. The highest BCUT2D eigenvalue weighted by Gasteiger charge is 2.45. The average Bonchev–Trinajstić information content (AvgIpc) is 3.35. The highest BCUT2D eigenvalue weighted by atomic mass is 16.7. The molecular weight excluding hydrogens is 348 g/mol. The molecule has 2 fully saturated rings. The minimum Gasteiger partial charge on any atom is -0.497 e. The number of hydrogen-bond acceptors (Lipinski definition) is 6. The van der Waals surface area contributed by atoms with Crippen LogP contribution in [-0.4, -0.2) is 43.8 Å². The predicted molar refractivity (Wildman–Crippen MR) is 97.2 cm³/mol. The van der Waals surface area contributed by atoms with Crippen LogP contribution in [0.5, 0.6) is 5.75 Å². The van der Waals surface area contributed by atoms with Crippen molar-refractivity contribution in [3.05, 3.63) is 60.2 Å². The number of carbonyl (C=O) groups is 2. The van der Waals surface area contributed by atoms with Gasteiger partial charge in [-0.2, -0.15) is 0 Å². The Bertz CT molecular complexity index is 824. The summed E-state index contributed by atoms with van der Waals surface area (Å²) in [5.74, 6) is -0.0732. The Kier molecular flexibility index (Phi) is 4.68. The number of anilines is 1. The van der Waals surface area contributed by atoms with E-state index in [1.54, 1.807) is 12.2 Å². The van der Waals surface area contributed by atoms with Gasteiger partial charge in [0, 0.05) is 0 Å². The van der Waals surface area contributed by atoms with Crippen molar-refractivity contribution in [2.45, 2.75) is 6.04 Å². The molecule has 7 nitrogen and oxygen atoms in total. The number of benzene rings is 2. The van der Waals surface area contributed by atoms with Gasteiger partial charge in [-0.3, -0.25) is 9.63 Å². The third-order valence-electron chi connectivity index (χ3n) is 4.84. The first-order valence-corrected chi connectivity index (χ1v) is 8.78. The molecule has 2 aliphatic heterocycles. The monoisotopic (exact) mass is 368 g/mol. The largest absolute Gasteiger partial charge is 0.497 e. The molecule has 2 heterocycles. The highest BCUT2D eigenvalue weighted by Crippen LogP contribution is 2.40. The lowest BCUT2D eigenvalue weighted by atomic mass is 9.92. The summed E-state index contributed by atoms with van der Waals surface area (Å²) < 4.78 is 10.2. The fourth-order valence-electron chi connectivity index (χ4n) is 3.47. The van der Waals surface area contributed by atoms with Crippen molar-refractivity contribution < 1.29 is 23.9 Å². The van der Waals surface area contributed by atoms with Crippen LogP contribution in [0.2, 0.25) is 0 Å². The Balaban J connectivity index is 1.69. The van der Waals surface area contributed by atoms with Crippen molar-refractivity contribution in [3.8, 4) is 5.75 Å². The predicted octanol–water partition coefficient (Wildman–Crippen LogP) is 2.78. The maximum Gasteiger partial charge on any atom is 0.416 e. The SMILES string of the molecule is COc1ccc([C@@H]2[C@@H](C(=O)N3CCOC3=O)CON2c2ccccc2)cc1. The van der Waals surface area contributed by atoms with Gasteiger partial charge in [-0.15, -0.1) is 0 Å². The van der Waals surface area contributed by atoms with E-state index in [4.69, 9.17) is 14.3 Å². The molecule has 2 aromatic carbocycles. The Hall–Kier alpha value is -3.06. The summed E-state index contributed by atoms with van der Waals surface area (Å²) >= 11 is 0. The van der Waals surface area contributed by atoms with Crippen molar-refractivity contribution in [2.75, 3.05) is 31.9 Å². The Morgan fingerprint density at radius 2 is 1.85 bits per heavy atom. The molecule has 4 rings (SSSR count). The fraction of sp³-hybridized carbons (Fsp3) is 0.300. The van der Waals surface area contributed by atoms with E-state index in [9.17, 15) is 9.59 Å². The number of hydrogen-bond donors (Lipinski definition) is 0. The number of imide groups is 1. The maximum atomic E-state index is 13.0. The average molecular weight is 368 g/mol. The Morgan fingerprint density at radius 1 is 1.11 bits per heavy atom. The zero-order chi connectivity index (χ0) is 18.8. The summed E-state index contributed by atoms with van der Waals surface area (Å²) in [6.07, 6.45) is -0.591. The molecule has 0 aromatic heterocycles. The topological polar surface area (TPSA) is 68.3 Å². The number of amides is 2. The molecule has 2 atom stereocenters. The van der Waals surface area contributed by atoms with Gasteiger partial charge in [0.05, 0.1) is 37.9 Å². The molecule has 27 heavy (non-hydrogen) atoms. The van der Waals surface area contributed by atoms with Gasteiger partial charge in [-0.1, -0.05) is 30.3 Å². The zero-order valence-corrected chi connectivity index (χ0v) is 14.9. The molecule has 0 N–H and O–H groups in total. The summed E-state index contributed by atoms with van der Waals surface area (Å²) in [4.78, 5) is 32.0. The van der Waals surface area contributed by atoms with E-state index in [-0.39, 0.29) is 31.7 Å². The lowest BCUT2D eigenvalue weighted by molar-refractivity contribution is -0.132. The number of methoxy groups -OCH3 is 1. The first-order chi connectivity index (χ1) is 13.2. The summed E-state index contributed by atoms with van der Waals surface area (Å²) in [7, 11) is 1.61. The van der Waals surface area contributed by atoms with Gasteiger partial charge >= 0.3 is 6.09 Å². The van der Waals surface area contributed by atoms with Crippen LogP contribution in [-0.2, 0) is 14.4 Å². The van der Waals surface area contributed by atoms with Crippen molar-refractivity contribution >= 4 is 17.7 Å². The van der Waals surface area contributed by atoms with Crippen LogP contribution in [0.3, 0.4) is 0 Å². The Morgan fingerprint density at radius 3 is 2.48 bits per heavy atom. The molecule has 0 unspecified atom stereocenters. The van der Waals surface area contributed by atoms with Crippen LogP contribution in [0.25, 0.3) is 0 Å². The van der Waals surface area contributed by atoms with Crippen molar-refractivity contribution in [1.29, 1.82) is 0 Å². The van der Waals surface area contributed by atoms with E-state index in [2.05, 4.69) is 0 Å². The van der Waals surface area contributed by atoms with E-state index in [1.165, 1.54) is 4.90 Å². The number of carbonyl (C=O) groups excluding carboxylic acids is 2. The van der Waals surface area contributed by atoms with Crippen molar-refractivity contribution in [3.63, 3.8) is 0 Å². The van der Waals surface area contributed by atoms with Gasteiger partial charge in [-0.05, 0) is 29.8 Å². The van der Waals surface area contributed by atoms with Crippen LogP contribution in [0.1, 0.15) is 11.6 Å². The number of rotatable bonds is 4. The minimum absolute atomic E-state index is 0.189. The molecule has 0 radical (unpaired) electrons. The lowest BCUT2D eigenvalue weighted by Gasteiger charge is -2.28. The highest BCUT2D eigenvalue weighted by molar-refractivity contribution is 5.95. The second kappa shape index (κ2) is 7.28. The number of nitrogens with zero attached hydrogens (tertiary/aromatic N) is 2.